The van der Waals surface area contributed by atoms with Crippen molar-refractivity contribution in [2.24, 2.45) is 11.0 Å². The number of carbonyl (C=O) groups is 1. The Bertz CT molecular complexity index is 1330. The molecule has 1 aliphatic heterocycles. The van der Waals surface area contributed by atoms with E-state index in [-0.39, 0.29) is 23.5 Å². The molecular formula is C25H17ClFN3O3. The van der Waals surface area contributed by atoms with Crippen LogP contribution in [-0.4, -0.2) is 17.0 Å². The van der Waals surface area contributed by atoms with Crippen molar-refractivity contribution >= 4 is 29.2 Å². The largest absolute Gasteiger partial charge is 0.511 e. The number of nitriles is 1. The summed E-state index contributed by atoms with van der Waals surface area (Å²) in [5.41, 5.74) is 4.77. The fourth-order valence-electron chi connectivity index (χ4n) is 4.61. The maximum absolute atomic E-state index is 13.6. The number of halogens is 2. The van der Waals surface area contributed by atoms with Gasteiger partial charge >= 0.3 is 6.16 Å². The normalized spacial score (nSPS) is 18.7. The number of carboxylic acid groups (broad SMARTS) is 1. The highest BCUT2D eigenvalue weighted by Crippen LogP contribution is 2.46. The first kappa shape index (κ1) is 21.0. The zero-order valence-electron chi connectivity index (χ0n) is 17.2. The minimum atomic E-state index is -1.36. The van der Waals surface area contributed by atoms with Crippen LogP contribution in [-0.2, 0) is 6.42 Å². The summed E-state index contributed by atoms with van der Waals surface area (Å²) in [7, 11) is 0. The van der Waals surface area contributed by atoms with Crippen LogP contribution in [0, 0.1) is 23.1 Å². The van der Waals surface area contributed by atoms with E-state index in [0.29, 0.717) is 10.6 Å². The lowest BCUT2D eigenvalue weighted by Gasteiger charge is -2.31. The average Bonchev–Trinajstić information content (AvgIpc) is 3.19. The third-order valence-electron chi connectivity index (χ3n) is 6.04. The Hall–Kier alpha value is -3.89. The highest BCUT2D eigenvalue weighted by molar-refractivity contribution is 6.32. The second-order valence-electron chi connectivity index (χ2n) is 7.93. The Morgan fingerprint density at radius 1 is 1.18 bits per heavy atom. The van der Waals surface area contributed by atoms with Gasteiger partial charge in [0.25, 0.3) is 0 Å². The lowest BCUT2D eigenvalue weighted by molar-refractivity contribution is 0.144. The van der Waals surface area contributed by atoms with E-state index in [0.717, 1.165) is 40.9 Å². The molecule has 0 spiro atoms. The second kappa shape index (κ2) is 8.23. The predicted molar refractivity (Wildman–Crippen MR) is 121 cm³/mol. The first-order valence-corrected chi connectivity index (χ1v) is 10.7. The molecular weight excluding hydrogens is 445 g/mol. The van der Waals surface area contributed by atoms with Crippen molar-refractivity contribution in [3.8, 4) is 11.8 Å². The standard InChI is InChI=1S/C25H17ClFN3O3/c26-22-12-18(7-3-16(22)13-28)30-24(14-1-5-17(27)6-2-14)21-9-4-15-11-19(33-25(31)32)8-10-20(15)23(21)29-30/h1-3,5-8,10-12,21,24H,4,9H2,(H,31,32). The van der Waals surface area contributed by atoms with Gasteiger partial charge in [0.15, 0.2) is 0 Å². The van der Waals surface area contributed by atoms with Crippen LogP contribution in [0.2, 0.25) is 5.02 Å². The lowest BCUT2D eigenvalue weighted by atomic mass is 9.77. The number of nitrogens with zero attached hydrogens (tertiary/aromatic N) is 3. The predicted octanol–water partition coefficient (Wildman–Crippen LogP) is 5.94. The molecule has 0 bridgehead atoms. The molecule has 0 saturated heterocycles. The summed E-state index contributed by atoms with van der Waals surface area (Å²) in [5.74, 6) is -0.0152. The van der Waals surface area contributed by atoms with Crippen molar-refractivity contribution < 1.29 is 19.0 Å². The molecule has 2 atom stereocenters. The molecule has 1 heterocycles. The van der Waals surface area contributed by atoms with Crippen molar-refractivity contribution in [2.75, 3.05) is 5.01 Å². The van der Waals surface area contributed by atoms with Crippen LogP contribution in [0.4, 0.5) is 14.9 Å². The van der Waals surface area contributed by atoms with Crippen molar-refractivity contribution in [1.82, 2.24) is 0 Å². The van der Waals surface area contributed by atoms with Gasteiger partial charge in [-0.2, -0.15) is 10.4 Å². The molecule has 6 nitrogen and oxygen atoms in total. The van der Waals surface area contributed by atoms with Crippen LogP contribution in [0.3, 0.4) is 0 Å². The first-order valence-electron chi connectivity index (χ1n) is 10.3. The molecule has 33 heavy (non-hydrogen) atoms. The average molecular weight is 462 g/mol. The van der Waals surface area contributed by atoms with E-state index >= 15 is 0 Å². The number of fused-ring (bicyclic) bond motifs is 3. The van der Waals surface area contributed by atoms with Gasteiger partial charge in [-0.3, -0.25) is 5.01 Å². The van der Waals surface area contributed by atoms with Gasteiger partial charge in [0, 0.05) is 11.5 Å². The van der Waals surface area contributed by atoms with Crippen LogP contribution >= 0.6 is 11.6 Å². The number of anilines is 1. The van der Waals surface area contributed by atoms with Gasteiger partial charge in [0.05, 0.1) is 28.0 Å². The highest BCUT2D eigenvalue weighted by atomic mass is 35.5. The van der Waals surface area contributed by atoms with E-state index in [1.807, 2.05) is 11.1 Å². The van der Waals surface area contributed by atoms with E-state index in [2.05, 4.69) is 6.07 Å². The summed E-state index contributed by atoms with van der Waals surface area (Å²) in [5, 5.41) is 25.3. The van der Waals surface area contributed by atoms with Crippen LogP contribution in [0.1, 0.15) is 34.7 Å². The molecule has 164 valence electrons. The summed E-state index contributed by atoms with van der Waals surface area (Å²) >= 11 is 6.31. The van der Waals surface area contributed by atoms with Crippen LogP contribution in [0.15, 0.2) is 65.8 Å². The monoisotopic (exact) mass is 461 g/mol. The lowest BCUT2D eigenvalue weighted by Crippen LogP contribution is -2.28. The molecule has 0 saturated carbocycles. The quantitative estimate of drug-likeness (QED) is 0.385. The SMILES string of the molecule is N#Cc1ccc(N2N=C3c4ccc(OC(=O)O)cc4CCC3C2c2ccc(F)cc2)cc1Cl. The van der Waals surface area contributed by atoms with Crippen molar-refractivity contribution in [3.05, 3.63) is 93.8 Å². The first-order chi connectivity index (χ1) is 15.9. The van der Waals surface area contributed by atoms with E-state index in [1.54, 1.807) is 42.5 Å². The molecule has 0 fully saturated rings. The van der Waals surface area contributed by atoms with Crippen LogP contribution < -0.4 is 9.75 Å². The van der Waals surface area contributed by atoms with E-state index in [9.17, 15) is 14.4 Å². The van der Waals surface area contributed by atoms with Gasteiger partial charge in [-0.05, 0) is 72.5 Å². The third-order valence-corrected chi connectivity index (χ3v) is 6.36. The maximum Gasteiger partial charge on any atom is 0.511 e. The van der Waals surface area contributed by atoms with E-state index in [1.165, 1.54) is 12.1 Å². The summed E-state index contributed by atoms with van der Waals surface area (Å²) in [6.07, 6.45) is 0.127. The number of rotatable bonds is 3. The Kier molecular flexibility index (Phi) is 5.23. The minimum Gasteiger partial charge on any atom is -0.449 e. The summed E-state index contributed by atoms with van der Waals surface area (Å²) in [6, 6.07) is 18.6. The molecule has 5 rings (SSSR count). The molecule has 2 unspecified atom stereocenters. The fourth-order valence-corrected chi connectivity index (χ4v) is 4.83. The maximum atomic E-state index is 13.6. The number of hydrogen-bond donors (Lipinski definition) is 1. The minimum absolute atomic E-state index is 0.0311. The topological polar surface area (TPSA) is 85.9 Å². The number of hydrazone groups is 1. The Morgan fingerprint density at radius 3 is 2.67 bits per heavy atom. The van der Waals surface area contributed by atoms with E-state index < -0.39 is 6.16 Å². The summed E-state index contributed by atoms with van der Waals surface area (Å²) in [4.78, 5) is 10.9. The zero-order chi connectivity index (χ0) is 23.1. The van der Waals surface area contributed by atoms with Crippen LogP contribution in [0.25, 0.3) is 0 Å². The van der Waals surface area contributed by atoms with Gasteiger partial charge in [-0.1, -0.05) is 23.7 Å². The van der Waals surface area contributed by atoms with Gasteiger partial charge < -0.3 is 9.84 Å². The van der Waals surface area contributed by atoms with Gasteiger partial charge in [0.2, 0.25) is 0 Å². The Balaban J connectivity index is 1.61. The molecule has 0 radical (unpaired) electrons. The molecule has 3 aromatic carbocycles. The number of aryl methyl sites for hydroxylation is 1. The molecule has 2 aliphatic rings. The molecule has 0 aromatic heterocycles. The number of ether oxygens (including phenoxy) is 1. The zero-order valence-corrected chi connectivity index (χ0v) is 18.0. The fraction of sp³-hybridized carbons (Fsp3) is 0.160. The van der Waals surface area contributed by atoms with E-state index in [4.69, 9.17) is 26.5 Å². The van der Waals surface area contributed by atoms with Gasteiger partial charge in [-0.25, -0.2) is 9.18 Å². The second-order valence-corrected chi connectivity index (χ2v) is 8.34. The third kappa shape index (κ3) is 3.79. The Morgan fingerprint density at radius 2 is 1.97 bits per heavy atom. The van der Waals surface area contributed by atoms with Crippen molar-refractivity contribution in [2.45, 2.75) is 18.9 Å². The molecule has 8 heteroatoms. The Labute approximate surface area is 194 Å². The number of hydrogen-bond acceptors (Lipinski definition) is 5. The summed E-state index contributed by atoms with van der Waals surface area (Å²) in [6.45, 7) is 0. The molecule has 3 aromatic rings. The van der Waals surface area contributed by atoms with Crippen LogP contribution in [0.5, 0.6) is 5.75 Å². The molecule has 1 aliphatic carbocycles. The molecule has 0 amide bonds. The molecule has 1 N–H and O–H groups in total. The van der Waals surface area contributed by atoms with Gasteiger partial charge in [0.1, 0.15) is 17.6 Å². The van der Waals surface area contributed by atoms with Crippen molar-refractivity contribution in [1.29, 1.82) is 5.26 Å². The number of benzene rings is 3. The van der Waals surface area contributed by atoms with Crippen molar-refractivity contribution in [3.63, 3.8) is 0 Å². The smallest absolute Gasteiger partial charge is 0.449 e. The summed E-state index contributed by atoms with van der Waals surface area (Å²) < 4.78 is 18.5. The highest BCUT2D eigenvalue weighted by Gasteiger charge is 2.42. The van der Waals surface area contributed by atoms with Gasteiger partial charge in [-0.15, -0.1) is 0 Å².